The number of fused-ring (bicyclic) bond motifs is 1. The largest absolute Gasteiger partial charge is 0.379 e. The fourth-order valence-corrected chi connectivity index (χ4v) is 5.93. The molecule has 0 atom stereocenters. The summed E-state index contributed by atoms with van der Waals surface area (Å²) < 4.78 is 11.8. The number of anilines is 1. The van der Waals surface area contributed by atoms with Gasteiger partial charge < -0.3 is 9.26 Å². The standard InChI is InChI=1S/C26H26Cl2N4O3S/c1-16-8-9-20(28)24-22(16)29-26(36-24)32(11-5-10-31-12-14-34-15-13-31)25(33)21-17(2)35-30-23(21)18-6-3-4-7-19(18)27/h3-4,6-9H,5,10-15H2,1-2H3. The highest BCUT2D eigenvalue weighted by Crippen LogP contribution is 2.38. The Bertz CT molecular complexity index is 1360. The molecule has 1 fully saturated rings. The van der Waals surface area contributed by atoms with Crippen molar-refractivity contribution in [1.82, 2.24) is 15.0 Å². The minimum atomic E-state index is -0.224. The van der Waals surface area contributed by atoms with E-state index in [1.165, 1.54) is 11.3 Å². The molecule has 1 amide bonds. The van der Waals surface area contributed by atoms with Crippen molar-refractivity contribution in [2.24, 2.45) is 0 Å². The molecule has 0 bridgehead atoms. The van der Waals surface area contributed by atoms with Crippen molar-refractivity contribution in [3.63, 3.8) is 0 Å². The van der Waals surface area contributed by atoms with Crippen LogP contribution in [0.5, 0.6) is 0 Å². The van der Waals surface area contributed by atoms with E-state index in [0.29, 0.717) is 44.3 Å². The highest BCUT2D eigenvalue weighted by Gasteiger charge is 2.30. The highest BCUT2D eigenvalue weighted by molar-refractivity contribution is 7.23. The van der Waals surface area contributed by atoms with Crippen molar-refractivity contribution in [1.29, 1.82) is 0 Å². The number of hydrogen-bond acceptors (Lipinski definition) is 7. The van der Waals surface area contributed by atoms with Gasteiger partial charge in [0.25, 0.3) is 5.91 Å². The Kier molecular flexibility index (Phi) is 7.60. The fraction of sp³-hybridized carbons (Fsp3) is 0.346. The van der Waals surface area contributed by atoms with E-state index >= 15 is 0 Å². The van der Waals surface area contributed by atoms with Crippen molar-refractivity contribution in [2.45, 2.75) is 20.3 Å². The van der Waals surface area contributed by atoms with Gasteiger partial charge in [-0.3, -0.25) is 14.6 Å². The molecule has 4 aromatic rings. The Labute approximate surface area is 223 Å². The summed E-state index contributed by atoms with van der Waals surface area (Å²) in [5.74, 6) is 0.210. The van der Waals surface area contributed by atoms with E-state index in [1.54, 1.807) is 17.9 Å². The van der Waals surface area contributed by atoms with Crippen LogP contribution in [0.25, 0.3) is 21.5 Å². The molecular formula is C26H26Cl2N4O3S. The van der Waals surface area contributed by atoms with Gasteiger partial charge in [0.05, 0.1) is 33.5 Å². The maximum absolute atomic E-state index is 14.1. The van der Waals surface area contributed by atoms with Crippen LogP contribution in [0.4, 0.5) is 5.13 Å². The molecule has 2 aromatic heterocycles. The summed E-state index contributed by atoms with van der Waals surface area (Å²) in [6.07, 6.45) is 0.778. The lowest BCUT2D eigenvalue weighted by Crippen LogP contribution is -2.39. The van der Waals surface area contributed by atoms with Crippen LogP contribution in [0.15, 0.2) is 40.9 Å². The van der Waals surface area contributed by atoms with Crippen LogP contribution in [0.1, 0.15) is 28.1 Å². The van der Waals surface area contributed by atoms with E-state index in [0.717, 1.165) is 55.0 Å². The number of rotatable bonds is 7. The number of nitrogens with zero attached hydrogens (tertiary/aromatic N) is 4. The minimum absolute atomic E-state index is 0.224. The summed E-state index contributed by atoms with van der Waals surface area (Å²) in [4.78, 5) is 23.1. The summed E-state index contributed by atoms with van der Waals surface area (Å²) >= 11 is 14.4. The molecule has 0 spiro atoms. The number of halogens is 2. The molecule has 7 nitrogen and oxygen atoms in total. The first kappa shape index (κ1) is 25.2. The molecule has 0 radical (unpaired) electrons. The Morgan fingerprint density at radius 3 is 2.64 bits per heavy atom. The summed E-state index contributed by atoms with van der Waals surface area (Å²) in [6.45, 7) is 8.34. The predicted octanol–water partition coefficient (Wildman–Crippen LogP) is 6.24. The SMILES string of the molecule is Cc1onc(-c2ccccc2Cl)c1C(=O)N(CCCN1CCOCC1)c1nc2c(C)ccc(Cl)c2s1. The van der Waals surface area contributed by atoms with Crippen molar-refractivity contribution in [2.75, 3.05) is 44.3 Å². The third kappa shape index (κ3) is 5.01. The topological polar surface area (TPSA) is 71.7 Å². The predicted molar refractivity (Wildman–Crippen MR) is 145 cm³/mol. The second-order valence-electron chi connectivity index (χ2n) is 8.75. The minimum Gasteiger partial charge on any atom is -0.379 e. The number of aromatic nitrogens is 2. The molecule has 36 heavy (non-hydrogen) atoms. The van der Waals surface area contributed by atoms with Crippen LogP contribution in [-0.2, 0) is 4.74 Å². The normalized spacial score (nSPS) is 14.4. The second kappa shape index (κ2) is 10.9. The Morgan fingerprint density at radius 1 is 1.11 bits per heavy atom. The van der Waals surface area contributed by atoms with E-state index < -0.39 is 0 Å². The first-order chi connectivity index (χ1) is 17.4. The van der Waals surface area contributed by atoms with Gasteiger partial charge in [0.2, 0.25) is 0 Å². The van der Waals surface area contributed by atoms with Crippen LogP contribution >= 0.6 is 34.5 Å². The second-order valence-corrected chi connectivity index (χ2v) is 10.5. The Hall–Kier alpha value is -2.49. The Balaban J connectivity index is 1.52. The molecule has 0 N–H and O–H groups in total. The van der Waals surface area contributed by atoms with Crippen molar-refractivity contribution >= 4 is 55.8 Å². The van der Waals surface area contributed by atoms with E-state index in [1.807, 2.05) is 37.3 Å². The number of carbonyl (C=O) groups is 1. The van der Waals surface area contributed by atoms with Gasteiger partial charge in [0.1, 0.15) is 17.0 Å². The molecule has 188 valence electrons. The third-order valence-corrected chi connectivity index (χ3v) is 8.20. The number of thiazole rings is 1. The van der Waals surface area contributed by atoms with Gasteiger partial charge in [-0.15, -0.1) is 0 Å². The molecule has 0 unspecified atom stereocenters. The lowest BCUT2D eigenvalue weighted by atomic mass is 10.0. The quantitative estimate of drug-likeness (QED) is 0.274. The fourth-order valence-electron chi connectivity index (χ4n) is 4.36. The molecule has 0 saturated carbocycles. The number of amides is 1. The van der Waals surface area contributed by atoms with Crippen LogP contribution in [-0.4, -0.2) is 60.3 Å². The first-order valence-corrected chi connectivity index (χ1v) is 13.4. The molecule has 5 rings (SSSR count). The zero-order valence-corrected chi connectivity index (χ0v) is 22.4. The zero-order valence-electron chi connectivity index (χ0n) is 20.1. The van der Waals surface area contributed by atoms with Crippen molar-refractivity contribution in [3.8, 4) is 11.3 Å². The molecular weight excluding hydrogens is 519 g/mol. The lowest BCUT2D eigenvalue weighted by molar-refractivity contribution is 0.0376. The van der Waals surface area contributed by atoms with Gasteiger partial charge in [-0.25, -0.2) is 4.98 Å². The maximum atomic E-state index is 14.1. The zero-order chi connectivity index (χ0) is 25.2. The molecule has 1 aliphatic rings. The summed E-state index contributed by atoms with van der Waals surface area (Å²) in [5.41, 5.74) is 3.28. The average molecular weight is 545 g/mol. The van der Waals surface area contributed by atoms with Crippen molar-refractivity contribution < 1.29 is 14.1 Å². The Morgan fingerprint density at radius 2 is 1.89 bits per heavy atom. The summed E-state index contributed by atoms with van der Waals surface area (Å²) in [7, 11) is 0. The summed E-state index contributed by atoms with van der Waals surface area (Å²) in [5, 5.41) is 5.92. The molecule has 0 aliphatic carbocycles. The first-order valence-electron chi connectivity index (χ1n) is 11.8. The third-order valence-electron chi connectivity index (χ3n) is 6.33. The van der Waals surface area contributed by atoms with Gasteiger partial charge >= 0.3 is 0 Å². The van der Waals surface area contributed by atoms with Gasteiger partial charge in [0, 0.05) is 31.7 Å². The molecule has 1 aliphatic heterocycles. The smallest absolute Gasteiger partial charge is 0.265 e. The number of benzene rings is 2. The number of hydrogen-bond donors (Lipinski definition) is 0. The highest BCUT2D eigenvalue weighted by atomic mass is 35.5. The van der Waals surface area contributed by atoms with Gasteiger partial charge in [-0.1, -0.05) is 64.0 Å². The van der Waals surface area contributed by atoms with Crippen LogP contribution < -0.4 is 4.90 Å². The number of ether oxygens (including phenoxy) is 1. The van der Waals surface area contributed by atoms with Crippen LogP contribution in [0.3, 0.4) is 0 Å². The van der Waals surface area contributed by atoms with E-state index in [2.05, 4.69) is 10.1 Å². The van der Waals surface area contributed by atoms with Gasteiger partial charge in [-0.05, 0) is 38.0 Å². The van der Waals surface area contributed by atoms with Crippen LogP contribution in [0, 0.1) is 13.8 Å². The number of morpholine rings is 1. The molecule has 3 heterocycles. The van der Waals surface area contributed by atoms with E-state index in [4.69, 9.17) is 37.4 Å². The number of carbonyl (C=O) groups excluding carboxylic acids is 1. The van der Waals surface area contributed by atoms with Gasteiger partial charge in [0.15, 0.2) is 5.13 Å². The average Bonchev–Trinajstić information content (AvgIpc) is 3.50. The monoisotopic (exact) mass is 544 g/mol. The number of aryl methyl sites for hydroxylation is 2. The van der Waals surface area contributed by atoms with Crippen LogP contribution in [0.2, 0.25) is 10.0 Å². The molecule has 10 heteroatoms. The lowest BCUT2D eigenvalue weighted by Gasteiger charge is -2.27. The van der Waals surface area contributed by atoms with Crippen molar-refractivity contribution in [3.05, 3.63) is 63.3 Å². The molecule has 2 aromatic carbocycles. The van der Waals surface area contributed by atoms with E-state index in [9.17, 15) is 4.79 Å². The van der Waals surface area contributed by atoms with E-state index in [-0.39, 0.29) is 5.91 Å². The maximum Gasteiger partial charge on any atom is 0.265 e. The molecule has 1 saturated heterocycles. The summed E-state index contributed by atoms with van der Waals surface area (Å²) in [6, 6.07) is 11.1. The van der Waals surface area contributed by atoms with Gasteiger partial charge in [-0.2, -0.15) is 0 Å².